The SMILES string of the molecule is CCCC(S)CC(O)O. The zero-order chi connectivity index (χ0) is 7.28. The Hall–Kier alpha value is 0.270. The van der Waals surface area contributed by atoms with Crippen LogP contribution in [0, 0.1) is 0 Å². The number of thiol groups is 1. The van der Waals surface area contributed by atoms with E-state index in [2.05, 4.69) is 12.6 Å². The standard InChI is InChI=1S/C6H14O2S/c1-2-3-5(9)4-6(7)8/h5-9H,2-4H2,1H3. The highest BCUT2D eigenvalue weighted by atomic mass is 32.1. The molecule has 1 atom stereocenters. The summed E-state index contributed by atoms with van der Waals surface area (Å²) in [6.45, 7) is 2.05. The maximum absolute atomic E-state index is 8.46. The van der Waals surface area contributed by atoms with E-state index in [-0.39, 0.29) is 5.25 Å². The molecule has 0 aliphatic rings. The molecular weight excluding hydrogens is 136 g/mol. The summed E-state index contributed by atoms with van der Waals surface area (Å²) in [6.07, 6.45) is 1.16. The van der Waals surface area contributed by atoms with Crippen molar-refractivity contribution in [3.63, 3.8) is 0 Å². The topological polar surface area (TPSA) is 40.5 Å². The van der Waals surface area contributed by atoms with E-state index in [1.807, 2.05) is 6.92 Å². The zero-order valence-corrected chi connectivity index (χ0v) is 6.51. The summed E-state index contributed by atoms with van der Waals surface area (Å²) in [7, 11) is 0. The van der Waals surface area contributed by atoms with Gasteiger partial charge in [-0.05, 0) is 6.42 Å². The zero-order valence-electron chi connectivity index (χ0n) is 5.62. The van der Waals surface area contributed by atoms with E-state index in [0.29, 0.717) is 6.42 Å². The number of hydrogen-bond acceptors (Lipinski definition) is 3. The average Bonchev–Trinajstić information content (AvgIpc) is 1.63. The molecule has 0 aromatic carbocycles. The number of aliphatic hydroxyl groups excluding tert-OH is 1. The van der Waals surface area contributed by atoms with Crippen LogP contribution >= 0.6 is 12.6 Å². The molecule has 0 bridgehead atoms. The van der Waals surface area contributed by atoms with E-state index in [9.17, 15) is 0 Å². The number of rotatable bonds is 4. The van der Waals surface area contributed by atoms with Crippen LogP contribution in [0.5, 0.6) is 0 Å². The Morgan fingerprint density at radius 2 is 2.00 bits per heavy atom. The lowest BCUT2D eigenvalue weighted by molar-refractivity contribution is -0.0452. The van der Waals surface area contributed by atoms with E-state index in [1.54, 1.807) is 0 Å². The van der Waals surface area contributed by atoms with Gasteiger partial charge in [0.2, 0.25) is 0 Å². The highest BCUT2D eigenvalue weighted by molar-refractivity contribution is 7.80. The van der Waals surface area contributed by atoms with Gasteiger partial charge in [0.05, 0.1) is 0 Å². The molecule has 3 heteroatoms. The second-order valence-electron chi connectivity index (χ2n) is 2.16. The van der Waals surface area contributed by atoms with E-state index in [4.69, 9.17) is 10.2 Å². The van der Waals surface area contributed by atoms with Gasteiger partial charge in [0.25, 0.3) is 0 Å². The molecular formula is C6H14O2S. The summed E-state index contributed by atoms with van der Waals surface area (Å²) in [4.78, 5) is 0. The van der Waals surface area contributed by atoms with Crippen molar-refractivity contribution in [3.05, 3.63) is 0 Å². The van der Waals surface area contributed by atoms with Gasteiger partial charge in [-0.15, -0.1) is 0 Å². The van der Waals surface area contributed by atoms with Crippen molar-refractivity contribution >= 4 is 12.6 Å². The Balaban J connectivity index is 3.15. The van der Waals surface area contributed by atoms with Crippen LogP contribution in [0.25, 0.3) is 0 Å². The second kappa shape index (κ2) is 5.09. The van der Waals surface area contributed by atoms with Crippen LogP contribution in [-0.4, -0.2) is 21.8 Å². The molecule has 0 aliphatic carbocycles. The minimum Gasteiger partial charge on any atom is -0.368 e. The molecule has 2 nitrogen and oxygen atoms in total. The van der Waals surface area contributed by atoms with E-state index < -0.39 is 6.29 Å². The average molecular weight is 150 g/mol. The fourth-order valence-electron chi connectivity index (χ4n) is 0.694. The molecule has 0 saturated heterocycles. The molecule has 0 aromatic rings. The van der Waals surface area contributed by atoms with Crippen LogP contribution in [-0.2, 0) is 0 Å². The van der Waals surface area contributed by atoms with Crippen molar-refractivity contribution in [1.29, 1.82) is 0 Å². The third kappa shape index (κ3) is 6.15. The van der Waals surface area contributed by atoms with E-state index in [0.717, 1.165) is 12.8 Å². The number of hydrogen-bond donors (Lipinski definition) is 3. The smallest absolute Gasteiger partial charge is 0.152 e. The summed E-state index contributed by atoms with van der Waals surface area (Å²) in [6, 6.07) is 0. The van der Waals surface area contributed by atoms with Gasteiger partial charge in [-0.3, -0.25) is 0 Å². The van der Waals surface area contributed by atoms with Gasteiger partial charge in [0.15, 0.2) is 6.29 Å². The van der Waals surface area contributed by atoms with Crippen LogP contribution < -0.4 is 0 Å². The molecule has 0 heterocycles. The van der Waals surface area contributed by atoms with Crippen LogP contribution in [0.2, 0.25) is 0 Å². The van der Waals surface area contributed by atoms with Gasteiger partial charge in [-0.1, -0.05) is 13.3 Å². The van der Waals surface area contributed by atoms with Crippen molar-refractivity contribution in [2.45, 2.75) is 37.7 Å². The fraction of sp³-hybridized carbons (Fsp3) is 1.00. The Bertz CT molecular complexity index is 66.1. The third-order valence-electron chi connectivity index (χ3n) is 1.10. The first-order chi connectivity index (χ1) is 4.16. The quantitative estimate of drug-likeness (QED) is 0.409. The molecule has 0 amide bonds. The maximum Gasteiger partial charge on any atom is 0.152 e. The molecule has 0 aromatic heterocycles. The highest BCUT2D eigenvalue weighted by Crippen LogP contribution is 2.09. The maximum atomic E-state index is 8.46. The summed E-state index contributed by atoms with van der Waals surface area (Å²) < 4.78 is 0. The first-order valence-electron chi connectivity index (χ1n) is 3.21. The lowest BCUT2D eigenvalue weighted by Gasteiger charge is -2.09. The summed E-state index contributed by atoms with van der Waals surface area (Å²) >= 11 is 4.13. The third-order valence-corrected chi connectivity index (χ3v) is 1.57. The fourth-order valence-corrected chi connectivity index (χ4v) is 1.14. The van der Waals surface area contributed by atoms with Gasteiger partial charge in [0.1, 0.15) is 0 Å². The molecule has 2 N–H and O–H groups in total. The molecule has 0 spiro atoms. The van der Waals surface area contributed by atoms with Crippen LogP contribution in [0.4, 0.5) is 0 Å². The first-order valence-corrected chi connectivity index (χ1v) is 3.72. The minimum atomic E-state index is -1.20. The Kier molecular flexibility index (Phi) is 5.24. The van der Waals surface area contributed by atoms with Crippen LogP contribution in [0.3, 0.4) is 0 Å². The predicted molar refractivity (Wildman–Crippen MR) is 40.5 cm³/mol. The molecule has 0 aliphatic heterocycles. The molecule has 0 saturated carbocycles. The van der Waals surface area contributed by atoms with Crippen LogP contribution in [0.15, 0.2) is 0 Å². The first kappa shape index (κ1) is 9.27. The number of aliphatic hydroxyl groups is 2. The Morgan fingerprint density at radius 1 is 1.44 bits per heavy atom. The molecule has 56 valence electrons. The van der Waals surface area contributed by atoms with E-state index >= 15 is 0 Å². The predicted octanol–water partition coefficient (Wildman–Crippen LogP) is 0.786. The Labute approximate surface area is 61.3 Å². The van der Waals surface area contributed by atoms with Gasteiger partial charge in [-0.25, -0.2) is 0 Å². The van der Waals surface area contributed by atoms with Crippen molar-refractivity contribution in [3.8, 4) is 0 Å². The highest BCUT2D eigenvalue weighted by Gasteiger charge is 2.05. The molecule has 1 unspecified atom stereocenters. The molecule has 0 fully saturated rings. The normalized spacial score (nSPS) is 14.3. The molecule has 0 radical (unpaired) electrons. The monoisotopic (exact) mass is 150 g/mol. The Morgan fingerprint density at radius 3 is 2.33 bits per heavy atom. The van der Waals surface area contributed by atoms with Gasteiger partial charge >= 0.3 is 0 Å². The summed E-state index contributed by atoms with van der Waals surface area (Å²) in [5.74, 6) is 0. The molecule has 9 heavy (non-hydrogen) atoms. The van der Waals surface area contributed by atoms with Gasteiger partial charge < -0.3 is 10.2 Å². The van der Waals surface area contributed by atoms with Crippen molar-refractivity contribution < 1.29 is 10.2 Å². The summed E-state index contributed by atoms with van der Waals surface area (Å²) in [5.41, 5.74) is 0. The van der Waals surface area contributed by atoms with Crippen molar-refractivity contribution in [1.82, 2.24) is 0 Å². The van der Waals surface area contributed by atoms with Crippen molar-refractivity contribution in [2.75, 3.05) is 0 Å². The second-order valence-corrected chi connectivity index (χ2v) is 2.89. The largest absolute Gasteiger partial charge is 0.368 e. The minimum absolute atomic E-state index is 0.134. The molecule has 0 rings (SSSR count). The van der Waals surface area contributed by atoms with Gasteiger partial charge in [-0.2, -0.15) is 12.6 Å². The lowest BCUT2D eigenvalue weighted by Crippen LogP contribution is -2.12. The summed E-state index contributed by atoms with van der Waals surface area (Å²) in [5, 5.41) is 17.0. The van der Waals surface area contributed by atoms with Gasteiger partial charge in [0, 0.05) is 11.7 Å². The van der Waals surface area contributed by atoms with Crippen molar-refractivity contribution in [2.24, 2.45) is 0 Å². The van der Waals surface area contributed by atoms with Crippen LogP contribution in [0.1, 0.15) is 26.2 Å². The van der Waals surface area contributed by atoms with E-state index in [1.165, 1.54) is 0 Å². The lowest BCUT2D eigenvalue weighted by atomic mass is 10.2.